The molecule has 1 saturated heterocycles. The van der Waals surface area contributed by atoms with E-state index in [1.165, 1.54) is 4.90 Å². The van der Waals surface area contributed by atoms with E-state index in [0.717, 1.165) is 0 Å². The van der Waals surface area contributed by atoms with Crippen molar-refractivity contribution in [1.82, 2.24) is 9.80 Å². The van der Waals surface area contributed by atoms with Crippen LogP contribution in [-0.2, 0) is 19.2 Å². The Morgan fingerprint density at radius 1 is 1.17 bits per heavy atom. The van der Waals surface area contributed by atoms with Crippen molar-refractivity contribution in [1.29, 1.82) is 0 Å². The number of amides is 2. The first-order valence-electron chi connectivity index (χ1n) is 5.39. The average Bonchev–Trinajstić information content (AvgIpc) is 2.62. The molecule has 2 N–H and O–H groups in total. The Balaban J connectivity index is 2.60. The maximum atomic E-state index is 11.7. The quantitative estimate of drug-likeness (QED) is 0.606. The monoisotopic (exact) mass is 258 g/mol. The number of hydrogen-bond acceptors (Lipinski definition) is 4. The van der Waals surface area contributed by atoms with Crippen molar-refractivity contribution in [2.45, 2.75) is 12.8 Å². The third kappa shape index (κ3) is 4.04. The van der Waals surface area contributed by atoms with Crippen molar-refractivity contribution < 1.29 is 29.4 Å². The summed E-state index contributed by atoms with van der Waals surface area (Å²) in [5.74, 6) is -3.43. The Morgan fingerprint density at radius 2 is 1.72 bits per heavy atom. The van der Waals surface area contributed by atoms with Crippen LogP contribution in [0.5, 0.6) is 0 Å². The molecular weight excluding hydrogens is 244 g/mol. The third-order valence-corrected chi connectivity index (χ3v) is 2.50. The van der Waals surface area contributed by atoms with Gasteiger partial charge in [0.1, 0.15) is 13.1 Å². The maximum Gasteiger partial charge on any atom is 0.323 e. The van der Waals surface area contributed by atoms with E-state index in [1.54, 1.807) is 0 Å². The summed E-state index contributed by atoms with van der Waals surface area (Å²) in [6.07, 6.45) is 1.02. The van der Waals surface area contributed by atoms with Crippen LogP contribution in [-0.4, -0.2) is 69.9 Å². The van der Waals surface area contributed by atoms with E-state index >= 15 is 0 Å². The molecule has 18 heavy (non-hydrogen) atoms. The van der Waals surface area contributed by atoms with E-state index in [2.05, 4.69) is 0 Å². The highest BCUT2D eigenvalue weighted by Crippen LogP contribution is 2.09. The summed E-state index contributed by atoms with van der Waals surface area (Å²) < 4.78 is 0. The first kappa shape index (κ1) is 13.9. The van der Waals surface area contributed by atoms with Gasteiger partial charge in [0.2, 0.25) is 11.8 Å². The van der Waals surface area contributed by atoms with Crippen LogP contribution in [0.4, 0.5) is 0 Å². The van der Waals surface area contributed by atoms with E-state index in [9.17, 15) is 19.2 Å². The van der Waals surface area contributed by atoms with Crippen LogP contribution in [0.2, 0.25) is 0 Å². The smallest absolute Gasteiger partial charge is 0.323 e. The molecule has 0 aromatic heterocycles. The molecule has 0 aromatic carbocycles. The zero-order chi connectivity index (χ0) is 13.7. The molecule has 1 fully saturated rings. The molecule has 0 aromatic rings. The fourth-order valence-electron chi connectivity index (χ4n) is 1.69. The lowest BCUT2D eigenvalue weighted by Crippen LogP contribution is -2.45. The molecule has 0 radical (unpaired) electrons. The lowest BCUT2D eigenvalue weighted by atomic mass is 10.4. The van der Waals surface area contributed by atoms with Crippen molar-refractivity contribution in [3.8, 4) is 0 Å². The standard InChI is InChI=1S/C10H14N2O6/c13-7-2-1-3-11(7)4-8(14)12(5-9(15)16)6-10(17)18/h1-6H2,(H,15,16)(H,17,18). The summed E-state index contributed by atoms with van der Waals surface area (Å²) in [6, 6.07) is 0. The van der Waals surface area contributed by atoms with Crippen LogP contribution in [0.15, 0.2) is 0 Å². The van der Waals surface area contributed by atoms with Gasteiger partial charge in [-0.15, -0.1) is 0 Å². The van der Waals surface area contributed by atoms with Crippen LogP contribution in [0.1, 0.15) is 12.8 Å². The van der Waals surface area contributed by atoms with Crippen LogP contribution in [0, 0.1) is 0 Å². The predicted octanol–water partition coefficient (Wildman–Crippen LogP) is -1.39. The minimum absolute atomic E-state index is 0.172. The molecule has 0 spiro atoms. The summed E-state index contributed by atoms with van der Waals surface area (Å²) in [6.45, 7) is -1.20. The molecule has 1 aliphatic rings. The Morgan fingerprint density at radius 3 is 2.11 bits per heavy atom. The molecule has 0 bridgehead atoms. The fraction of sp³-hybridized carbons (Fsp3) is 0.600. The first-order chi connectivity index (χ1) is 8.40. The SMILES string of the molecule is O=C(O)CN(CC(=O)O)C(=O)CN1CCCC1=O. The molecule has 2 amide bonds. The third-order valence-electron chi connectivity index (χ3n) is 2.50. The molecule has 0 unspecified atom stereocenters. The topological polar surface area (TPSA) is 115 Å². The number of rotatable bonds is 6. The highest BCUT2D eigenvalue weighted by atomic mass is 16.4. The maximum absolute atomic E-state index is 11.7. The zero-order valence-corrected chi connectivity index (χ0v) is 9.66. The van der Waals surface area contributed by atoms with Gasteiger partial charge in [-0.1, -0.05) is 0 Å². The molecule has 1 rings (SSSR count). The van der Waals surface area contributed by atoms with Crippen molar-refractivity contribution in [3.63, 3.8) is 0 Å². The Labute approximate surface area is 103 Å². The lowest BCUT2D eigenvalue weighted by molar-refractivity contribution is -0.150. The number of carboxylic acids is 2. The molecule has 1 aliphatic heterocycles. The number of likely N-dealkylation sites (tertiary alicyclic amines) is 1. The number of carbonyl (C=O) groups is 4. The van der Waals surface area contributed by atoms with E-state index in [1.807, 2.05) is 0 Å². The number of nitrogens with zero attached hydrogens (tertiary/aromatic N) is 2. The summed E-state index contributed by atoms with van der Waals surface area (Å²) in [5.41, 5.74) is 0. The van der Waals surface area contributed by atoms with Crippen molar-refractivity contribution >= 4 is 23.8 Å². The fourth-order valence-corrected chi connectivity index (χ4v) is 1.69. The van der Waals surface area contributed by atoms with Crippen LogP contribution < -0.4 is 0 Å². The molecule has 0 aliphatic carbocycles. The average molecular weight is 258 g/mol. The molecular formula is C10H14N2O6. The Hall–Kier alpha value is -2.12. The predicted molar refractivity (Wildman–Crippen MR) is 57.7 cm³/mol. The molecule has 8 nitrogen and oxygen atoms in total. The Kier molecular flexibility index (Phi) is 4.64. The van der Waals surface area contributed by atoms with Crippen LogP contribution in [0.25, 0.3) is 0 Å². The molecule has 0 atom stereocenters. The number of hydrogen-bond donors (Lipinski definition) is 2. The van der Waals surface area contributed by atoms with Gasteiger partial charge in [-0.2, -0.15) is 0 Å². The zero-order valence-electron chi connectivity index (χ0n) is 9.66. The second-order valence-electron chi connectivity index (χ2n) is 3.96. The molecule has 1 heterocycles. The Bertz CT molecular complexity index is 365. The van der Waals surface area contributed by atoms with Gasteiger partial charge in [0.15, 0.2) is 0 Å². The first-order valence-corrected chi connectivity index (χ1v) is 5.39. The van der Waals surface area contributed by atoms with Crippen molar-refractivity contribution in [2.75, 3.05) is 26.2 Å². The van der Waals surface area contributed by atoms with Crippen LogP contribution in [0.3, 0.4) is 0 Å². The van der Waals surface area contributed by atoms with E-state index in [4.69, 9.17) is 10.2 Å². The summed E-state index contributed by atoms with van der Waals surface area (Å²) >= 11 is 0. The number of carbonyl (C=O) groups excluding carboxylic acids is 2. The number of carboxylic acid groups (broad SMARTS) is 2. The van der Waals surface area contributed by atoms with Gasteiger partial charge in [-0.3, -0.25) is 19.2 Å². The summed E-state index contributed by atoms with van der Waals surface area (Å²) in [4.78, 5) is 46.1. The molecule has 100 valence electrons. The van der Waals surface area contributed by atoms with Gasteiger partial charge in [0, 0.05) is 13.0 Å². The molecule has 8 heteroatoms. The minimum Gasteiger partial charge on any atom is -0.480 e. The van der Waals surface area contributed by atoms with Gasteiger partial charge >= 0.3 is 11.9 Å². The lowest BCUT2D eigenvalue weighted by Gasteiger charge is -2.22. The van der Waals surface area contributed by atoms with Gasteiger partial charge in [0.05, 0.1) is 6.54 Å². The van der Waals surface area contributed by atoms with Crippen LogP contribution >= 0.6 is 0 Å². The van der Waals surface area contributed by atoms with Crippen molar-refractivity contribution in [2.24, 2.45) is 0 Å². The summed E-state index contributed by atoms with van der Waals surface area (Å²) in [5, 5.41) is 17.2. The highest BCUT2D eigenvalue weighted by Gasteiger charge is 2.26. The second-order valence-corrected chi connectivity index (χ2v) is 3.96. The van der Waals surface area contributed by atoms with E-state index < -0.39 is 30.9 Å². The largest absolute Gasteiger partial charge is 0.480 e. The van der Waals surface area contributed by atoms with Gasteiger partial charge in [0.25, 0.3) is 0 Å². The molecule has 0 saturated carbocycles. The van der Waals surface area contributed by atoms with Gasteiger partial charge in [-0.05, 0) is 6.42 Å². The number of aliphatic carboxylic acids is 2. The van der Waals surface area contributed by atoms with E-state index in [0.29, 0.717) is 24.3 Å². The van der Waals surface area contributed by atoms with Crippen molar-refractivity contribution in [3.05, 3.63) is 0 Å². The summed E-state index contributed by atoms with van der Waals surface area (Å²) in [7, 11) is 0. The normalized spacial score (nSPS) is 14.7. The van der Waals surface area contributed by atoms with Gasteiger partial charge < -0.3 is 20.0 Å². The van der Waals surface area contributed by atoms with E-state index in [-0.39, 0.29) is 12.5 Å². The van der Waals surface area contributed by atoms with Gasteiger partial charge in [-0.25, -0.2) is 0 Å². The second kappa shape index (κ2) is 5.99. The highest BCUT2D eigenvalue weighted by molar-refractivity contribution is 5.89. The minimum atomic E-state index is -1.29.